The topological polar surface area (TPSA) is 84.5 Å². The number of hydrogen-bond donors (Lipinski definition) is 2. The Labute approximate surface area is 180 Å². The van der Waals surface area contributed by atoms with E-state index in [0.717, 1.165) is 36.4 Å². The number of alkyl halides is 3. The highest BCUT2D eigenvalue weighted by atomic mass is 32.2. The molecule has 2 N–H and O–H groups in total. The second-order valence-corrected chi connectivity index (χ2v) is 8.18. The molecule has 0 unspecified atom stereocenters. The van der Waals surface area contributed by atoms with Gasteiger partial charge in [0.2, 0.25) is 0 Å². The van der Waals surface area contributed by atoms with Gasteiger partial charge in [-0.25, -0.2) is 12.8 Å². The first-order chi connectivity index (χ1) is 15.0. The molecule has 6 nitrogen and oxygen atoms in total. The lowest BCUT2D eigenvalue weighted by molar-refractivity contribution is -0.137. The number of carbonyl (C=O) groups excluding carboxylic acids is 1. The normalized spacial score (nSPS) is 11.6. The fraction of sp³-hybridized carbons (Fsp3) is 0.0952. The summed E-state index contributed by atoms with van der Waals surface area (Å²) in [6.07, 6.45) is -4.47. The van der Waals surface area contributed by atoms with Crippen LogP contribution in [0.5, 0.6) is 5.75 Å². The summed E-state index contributed by atoms with van der Waals surface area (Å²) in [6, 6.07) is 13.9. The molecule has 168 valence electrons. The zero-order chi connectivity index (χ0) is 23.4. The number of ether oxygens (including phenoxy) is 1. The van der Waals surface area contributed by atoms with E-state index in [9.17, 15) is 30.8 Å². The summed E-state index contributed by atoms with van der Waals surface area (Å²) < 4.78 is 82.9. The zero-order valence-electron chi connectivity index (χ0n) is 16.2. The van der Waals surface area contributed by atoms with E-state index in [1.807, 2.05) is 0 Å². The summed E-state index contributed by atoms with van der Waals surface area (Å²) >= 11 is 0. The van der Waals surface area contributed by atoms with Crippen molar-refractivity contribution in [1.29, 1.82) is 0 Å². The van der Waals surface area contributed by atoms with Crippen LogP contribution in [0.25, 0.3) is 0 Å². The van der Waals surface area contributed by atoms with Crippen LogP contribution in [0.3, 0.4) is 0 Å². The summed E-state index contributed by atoms with van der Waals surface area (Å²) in [4.78, 5) is 11.8. The van der Waals surface area contributed by atoms with E-state index in [1.54, 1.807) is 0 Å². The molecule has 3 aromatic rings. The van der Waals surface area contributed by atoms with Crippen LogP contribution in [-0.4, -0.2) is 20.9 Å². The van der Waals surface area contributed by atoms with Crippen molar-refractivity contribution in [3.8, 4) is 5.75 Å². The van der Waals surface area contributed by atoms with Crippen molar-refractivity contribution in [2.75, 3.05) is 16.6 Å². The van der Waals surface area contributed by atoms with Crippen LogP contribution in [0, 0.1) is 5.82 Å². The summed E-state index contributed by atoms with van der Waals surface area (Å²) in [7, 11) is -3.92. The van der Waals surface area contributed by atoms with Crippen LogP contribution in [0.4, 0.5) is 28.9 Å². The molecule has 0 aliphatic carbocycles. The molecule has 1 amide bonds. The Morgan fingerprint density at radius 1 is 0.844 bits per heavy atom. The molecule has 0 bridgehead atoms. The number of halogens is 4. The number of rotatable bonds is 7. The van der Waals surface area contributed by atoms with Gasteiger partial charge in [-0.15, -0.1) is 0 Å². The third-order valence-corrected chi connectivity index (χ3v) is 5.49. The number of nitrogens with one attached hydrogen (secondary N) is 2. The maximum atomic E-state index is 12.9. The summed E-state index contributed by atoms with van der Waals surface area (Å²) in [5.74, 6) is -0.912. The van der Waals surface area contributed by atoms with E-state index in [-0.39, 0.29) is 22.0 Å². The van der Waals surface area contributed by atoms with Gasteiger partial charge in [-0.2, -0.15) is 13.2 Å². The maximum Gasteiger partial charge on any atom is 0.416 e. The molecule has 0 aromatic heterocycles. The standard InChI is InChI=1S/C21H16F4N2O4S/c22-15-3-7-17(8-4-15)27-32(29,30)19-11-9-18(10-12-19)31-13-20(28)26-16-5-1-14(2-6-16)21(23,24)25/h1-12,27H,13H2,(H,26,28). The maximum absolute atomic E-state index is 12.9. The number of hydrogen-bond acceptors (Lipinski definition) is 4. The Hall–Kier alpha value is -3.60. The fourth-order valence-electron chi connectivity index (χ4n) is 2.54. The van der Waals surface area contributed by atoms with E-state index in [1.165, 1.54) is 36.4 Å². The first kappa shape index (κ1) is 23.1. The molecule has 0 saturated carbocycles. The number of benzene rings is 3. The quantitative estimate of drug-likeness (QED) is 0.494. The van der Waals surface area contributed by atoms with Gasteiger partial charge in [0.1, 0.15) is 11.6 Å². The molecular formula is C21H16F4N2O4S. The summed E-state index contributed by atoms with van der Waals surface area (Å²) in [5.41, 5.74) is -0.484. The minimum absolute atomic E-state index is 0.0802. The van der Waals surface area contributed by atoms with Gasteiger partial charge in [-0.1, -0.05) is 0 Å². The lowest BCUT2D eigenvalue weighted by Crippen LogP contribution is -2.20. The molecule has 0 saturated heterocycles. The van der Waals surface area contributed by atoms with Crippen LogP contribution >= 0.6 is 0 Å². The first-order valence-electron chi connectivity index (χ1n) is 9.01. The molecule has 0 aliphatic rings. The Morgan fingerprint density at radius 2 is 1.41 bits per heavy atom. The third kappa shape index (κ3) is 6.20. The molecule has 0 fully saturated rings. The van der Waals surface area contributed by atoms with Gasteiger partial charge in [0, 0.05) is 11.4 Å². The zero-order valence-corrected chi connectivity index (χ0v) is 17.0. The Kier molecular flexibility index (Phi) is 6.68. The second kappa shape index (κ2) is 9.27. The van der Waals surface area contributed by atoms with Gasteiger partial charge in [-0.05, 0) is 72.8 Å². The highest BCUT2D eigenvalue weighted by molar-refractivity contribution is 7.92. The van der Waals surface area contributed by atoms with Crippen LogP contribution in [0.1, 0.15) is 5.56 Å². The van der Waals surface area contributed by atoms with Crippen LogP contribution in [0.15, 0.2) is 77.7 Å². The number of sulfonamides is 1. The number of anilines is 2. The predicted octanol–water partition coefficient (Wildman–Crippen LogP) is 4.66. The van der Waals surface area contributed by atoms with Crippen molar-refractivity contribution in [2.45, 2.75) is 11.1 Å². The third-order valence-electron chi connectivity index (χ3n) is 4.10. The first-order valence-corrected chi connectivity index (χ1v) is 10.5. The van der Waals surface area contributed by atoms with Crippen LogP contribution in [0.2, 0.25) is 0 Å². The molecule has 0 atom stereocenters. The van der Waals surface area contributed by atoms with Gasteiger partial charge in [-0.3, -0.25) is 9.52 Å². The van der Waals surface area contributed by atoms with Gasteiger partial charge in [0.15, 0.2) is 6.61 Å². The van der Waals surface area contributed by atoms with Gasteiger partial charge in [0.05, 0.1) is 10.5 Å². The molecule has 32 heavy (non-hydrogen) atoms. The molecule has 0 spiro atoms. The Balaban J connectivity index is 1.55. The minimum atomic E-state index is -4.47. The van der Waals surface area contributed by atoms with Crippen LogP contribution in [-0.2, 0) is 21.0 Å². The molecule has 0 aliphatic heterocycles. The summed E-state index contributed by atoms with van der Waals surface area (Å²) in [5, 5.41) is 2.39. The lowest BCUT2D eigenvalue weighted by Gasteiger charge is -2.11. The highest BCUT2D eigenvalue weighted by Gasteiger charge is 2.30. The highest BCUT2D eigenvalue weighted by Crippen LogP contribution is 2.29. The largest absolute Gasteiger partial charge is 0.484 e. The molecule has 0 heterocycles. The lowest BCUT2D eigenvalue weighted by atomic mass is 10.2. The van der Waals surface area contributed by atoms with Crippen LogP contribution < -0.4 is 14.8 Å². The van der Waals surface area contributed by atoms with E-state index < -0.39 is 40.1 Å². The average molecular weight is 468 g/mol. The van der Waals surface area contributed by atoms with Crippen molar-refractivity contribution in [1.82, 2.24) is 0 Å². The Bertz CT molecular complexity index is 1180. The van der Waals surface area contributed by atoms with E-state index >= 15 is 0 Å². The van der Waals surface area contributed by atoms with Gasteiger partial charge < -0.3 is 10.1 Å². The van der Waals surface area contributed by atoms with Crippen molar-refractivity contribution >= 4 is 27.3 Å². The molecule has 11 heteroatoms. The molecular weight excluding hydrogens is 452 g/mol. The van der Waals surface area contributed by atoms with E-state index in [2.05, 4.69) is 10.0 Å². The molecule has 0 radical (unpaired) electrons. The van der Waals surface area contributed by atoms with Crippen molar-refractivity contribution in [3.05, 3.63) is 84.2 Å². The van der Waals surface area contributed by atoms with E-state index in [0.29, 0.717) is 0 Å². The number of carbonyl (C=O) groups is 1. The molecule has 3 aromatic carbocycles. The molecule has 3 rings (SSSR count). The smallest absolute Gasteiger partial charge is 0.416 e. The summed E-state index contributed by atoms with van der Waals surface area (Å²) in [6.45, 7) is -0.444. The number of amides is 1. The van der Waals surface area contributed by atoms with Gasteiger partial charge >= 0.3 is 6.18 Å². The SMILES string of the molecule is O=C(COc1ccc(S(=O)(=O)Nc2ccc(F)cc2)cc1)Nc1ccc(C(F)(F)F)cc1. The minimum Gasteiger partial charge on any atom is -0.484 e. The fourth-order valence-corrected chi connectivity index (χ4v) is 3.59. The van der Waals surface area contributed by atoms with Gasteiger partial charge in [0.25, 0.3) is 15.9 Å². The van der Waals surface area contributed by atoms with E-state index in [4.69, 9.17) is 4.74 Å². The second-order valence-electron chi connectivity index (χ2n) is 6.50. The van der Waals surface area contributed by atoms with Crippen molar-refractivity contribution in [2.24, 2.45) is 0 Å². The van der Waals surface area contributed by atoms with Crippen molar-refractivity contribution in [3.63, 3.8) is 0 Å². The average Bonchev–Trinajstić information content (AvgIpc) is 2.74. The predicted molar refractivity (Wildman–Crippen MR) is 109 cm³/mol. The Morgan fingerprint density at radius 3 is 1.97 bits per heavy atom. The van der Waals surface area contributed by atoms with Crippen molar-refractivity contribution < 1.29 is 35.5 Å². The monoisotopic (exact) mass is 468 g/mol.